The highest BCUT2D eigenvalue weighted by Crippen LogP contribution is 2.22. The van der Waals surface area contributed by atoms with Crippen LogP contribution in [0.4, 0.5) is 0 Å². The Morgan fingerprint density at radius 1 is 0.882 bits per heavy atom. The van der Waals surface area contributed by atoms with E-state index in [4.69, 9.17) is 5.73 Å². The zero-order chi connectivity index (χ0) is 12.3. The molecule has 2 rings (SSSR count). The molecule has 2 saturated heterocycles. The van der Waals surface area contributed by atoms with Crippen LogP contribution in [-0.2, 0) is 10.2 Å². The fraction of sp³-hybridized carbons (Fsp3) is 1.00. The van der Waals surface area contributed by atoms with Gasteiger partial charge in [-0.15, -0.1) is 0 Å². The van der Waals surface area contributed by atoms with Gasteiger partial charge < -0.3 is 5.73 Å². The Morgan fingerprint density at radius 3 is 2.06 bits per heavy atom. The monoisotopic (exact) mass is 261 g/mol. The molecule has 5 nitrogen and oxygen atoms in total. The summed E-state index contributed by atoms with van der Waals surface area (Å²) in [5.74, 6) is 0. The Kier molecular flexibility index (Phi) is 4.41. The number of hydrogen-bond acceptors (Lipinski definition) is 3. The lowest BCUT2D eigenvalue weighted by atomic mass is 10.1. The van der Waals surface area contributed by atoms with E-state index >= 15 is 0 Å². The second-order valence-corrected chi connectivity index (χ2v) is 6.88. The van der Waals surface area contributed by atoms with E-state index in [2.05, 4.69) is 0 Å². The molecule has 100 valence electrons. The summed E-state index contributed by atoms with van der Waals surface area (Å²) >= 11 is 0. The molecule has 0 saturated carbocycles. The first-order valence-corrected chi connectivity index (χ1v) is 8.04. The van der Waals surface area contributed by atoms with Gasteiger partial charge in [-0.05, 0) is 32.1 Å². The van der Waals surface area contributed by atoms with Crippen LogP contribution in [0.1, 0.15) is 44.9 Å². The maximum Gasteiger partial charge on any atom is 0.283 e. The van der Waals surface area contributed by atoms with Gasteiger partial charge in [0.2, 0.25) is 0 Å². The minimum atomic E-state index is -3.32. The molecule has 0 radical (unpaired) electrons. The van der Waals surface area contributed by atoms with E-state index in [1.54, 1.807) is 4.31 Å². The van der Waals surface area contributed by atoms with Crippen molar-refractivity contribution in [1.82, 2.24) is 8.61 Å². The third-order valence-electron chi connectivity index (χ3n) is 3.69. The summed E-state index contributed by atoms with van der Waals surface area (Å²) in [6.07, 6.45) is 6.65. The normalized spacial score (nSPS) is 30.1. The average Bonchev–Trinajstić information content (AvgIpc) is 2.58. The van der Waals surface area contributed by atoms with Crippen molar-refractivity contribution < 1.29 is 8.42 Å². The van der Waals surface area contributed by atoms with Gasteiger partial charge in [0.15, 0.2) is 0 Å². The Bertz CT molecular complexity index is 337. The van der Waals surface area contributed by atoms with Crippen molar-refractivity contribution >= 4 is 10.2 Å². The molecule has 0 amide bonds. The minimum Gasteiger partial charge on any atom is -0.315 e. The lowest BCUT2D eigenvalue weighted by Gasteiger charge is -2.35. The fourth-order valence-corrected chi connectivity index (χ4v) is 4.46. The number of nitrogens with zero attached hydrogens (tertiary/aromatic N) is 2. The van der Waals surface area contributed by atoms with Crippen LogP contribution in [0.2, 0.25) is 0 Å². The number of rotatable bonds is 2. The van der Waals surface area contributed by atoms with Gasteiger partial charge in [0.1, 0.15) is 0 Å². The molecule has 0 aromatic carbocycles. The maximum atomic E-state index is 12.5. The van der Waals surface area contributed by atoms with Crippen molar-refractivity contribution in [3.05, 3.63) is 0 Å². The van der Waals surface area contributed by atoms with Crippen molar-refractivity contribution in [2.75, 3.05) is 19.6 Å². The first kappa shape index (κ1) is 13.3. The fourth-order valence-electron chi connectivity index (χ4n) is 2.64. The van der Waals surface area contributed by atoms with E-state index in [1.165, 1.54) is 4.31 Å². The van der Waals surface area contributed by atoms with Crippen LogP contribution in [0, 0.1) is 0 Å². The van der Waals surface area contributed by atoms with Crippen LogP contribution in [0.15, 0.2) is 0 Å². The molecule has 0 aliphatic carbocycles. The topological polar surface area (TPSA) is 66.6 Å². The van der Waals surface area contributed by atoms with Crippen LogP contribution in [-0.4, -0.2) is 42.8 Å². The van der Waals surface area contributed by atoms with Crippen molar-refractivity contribution in [2.45, 2.75) is 51.1 Å². The van der Waals surface area contributed by atoms with Gasteiger partial charge in [-0.25, -0.2) is 0 Å². The molecule has 0 aromatic rings. The smallest absolute Gasteiger partial charge is 0.283 e. The van der Waals surface area contributed by atoms with Gasteiger partial charge in [0.25, 0.3) is 10.2 Å². The highest BCUT2D eigenvalue weighted by Gasteiger charge is 2.34. The van der Waals surface area contributed by atoms with Gasteiger partial charge in [-0.2, -0.15) is 17.0 Å². The van der Waals surface area contributed by atoms with Crippen LogP contribution in [0.25, 0.3) is 0 Å². The molecular formula is C11H23N3O2S. The van der Waals surface area contributed by atoms with Crippen molar-refractivity contribution in [1.29, 1.82) is 0 Å². The molecule has 2 heterocycles. The molecule has 0 spiro atoms. The number of hydrogen-bond donors (Lipinski definition) is 1. The van der Waals surface area contributed by atoms with E-state index in [0.717, 1.165) is 44.9 Å². The molecule has 2 aliphatic heterocycles. The minimum absolute atomic E-state index is 0.322. The van der Waals surface area contributed by atoms with E-state index in [-0.39, 0.29) is 6.17 Å². The summed E-state index contributed by atoms with van der Waals surface area (Å²) in [6, 6.07) is 0. The largest absolute Gasteiger partial charge is 0.315 e. The summed E-state index contributed by atoms with van der Waals surface area (Å²) < 4.78 is 28.1. The Morgan fingerprint density at radius 2 is 1.47 bits per heavy atom. The zero-order valence-corrected chi connectivity index (χ0v) is 11.2. The van der Waals surface area contributed by atoms with Gasteiger partial charge in [0, 0.05) is 19.6 Å². The summed E-state index contributed by atoms with van der Waals surface area (Å²) in [6.45, 7) is 1.90. The average molecular weight is 261 g/mol. The van der Waals surface area contributed by atoms with E-state index in [0.29, 0.717) is 19.6 Å². The van der Waals surface area contributed by atoms with Crippen molar-refractivity contribution in [3.63, 3.8) is 0 Å². The summed E-state index contributed by atoms with van der Waals surface area (Å²) in [5, 5.41) is 0. The van der Waals surface area contributed by atoms with Crippen molar-refractivity contribution in [3.8, 4) is 0 Å². The second kappa shape index (κ2) is 5.65. The van der Waals surface area contributed by atoms with E-state index in [1.807, 2.05) is 0 Å². The number of nitrogens with two attached hydrogens (primary N) is 1. The molecule has 2 N–H and O–H groups in total. The highest BCUT2D eigenvalue weighted by molar-refractivity contribution is 7.86. The lowest BCUT2D eigenvalue weighted by Crippen LogP contribution is -2.54. The second-order valence-electron chi connectivity index (χ2n) is 4.99. The molecule has 0 aromatic heterocycles. The third-order valence-corrected chi connectivity index (χ3v) is 5.75. The van der Waals surface area contributed by atoms with Crippen LogP contribution in [0.5, 0.6) is 0 Å². The standard InChI is InChI=1S/C11H23N3O2S/c12-11-7-3-6-10-14(11)17(15,16)13-8-4-1-2-5-9-13/h11H,1-10,12H2. The zero-order valence-electron chi connectivity index (χ0n) is 10.3. The maximum absolute atomic E-state index is 12.5. The van der Waals surface area contributed by atoms with Gasteiger partial charge in [-0.1, -0.05) is 12.8 Å². The summed E-state index contributed by atoms with van der Waals surface area (Å²) in [4.78, 5) is 0. The number of piperidine rings is 1. The van der Waals surface area contributed by atoms with Crippen LogP contribution < -0.4 is 5.73 Å². The Hall–Kier alpha value is -0.170. The molecule has 1 unspecified atom stereocenters. The first-order valence-electron chi connectivity index (χ1n) is 6.65. The van der Waals surface area contributed by atoms with Gasteiger partial charge in [0.05, 0.1) is 6.17 Å². The van der Waals surface area contributed by atoms with E-state index in [9.17, 15) is 8.42 Å². The van der Waals surface area contributed by atoms with Crippen LogP contribution >= 0.6 is 0 Å². The summed E-state index contributed by atoms with van der Waals surface area (Å²) in [5.41, 5.74) is 5.93. The van der Waals surface area contributed by atoms with Crippen molar-refractivity contribution in [2.24, 2.45) is 5.73 Å². The molecule has 0 bridgehead atoms. The predicted molar refractivity (Wildman–Crippen MR) is 67.5 cm³/mol. The molecule has 2 fully saturated rings. The third kappa shape index (κ3) is 2.99. The Labute approximate surface area is 104 Å². The molecule has 6 heteroatoms. The highest BCUT2D eigenvalue weighted by atomic mass is 32.2. The predicted octanol–water partition coefficient (Wildman–Crippen LogP) is 0.878. The lowest BCUT2D eigenvalue weighted by molar-refractivity contribution is 0.236. The SMILES string of the molecule is NC1CCCCN1S(=O)(=O)N1CCCCCC1. The first-order chi connectivity index (χ1) is 8.12. The molecule has 17 heavy (non-hydrogen) atoms. The van der Waals surface area contributed by atoms with E-state index < -0.39 is 10.2 Å². The van der Waals surface area contributed by atoms with Gasteiger partial charge in [-0.3, -0.25) is 0 Å². The quantitative estimate of drug-likeness (QED) is 0.802. The van der Waals surface area contributed by atoms with Gasteiger partial charge >= 0.3 is 0 Å². The summed E-state index contributed by atoms with van der Waals surface area (Å²) in [7, 11) is -3.32. The van der Waals surface area contributed by atoms with Crippen LogP contribution in [0.3, 0.4) is 0 Å². The Balaban J connectivity index is 2.10. The molecule has 2 aliphatic rings. The molecule has 1 atom stereocenters. The molecular weight excluding hydrogens is 238 g/mol.